The van der Waals surface area contributed by atoms with E-state index in [9.17, 15) is 4.79 Å². The number of rotatable bonds is 4. The molecule has 1 aromatic carbocycles. The molecule has 0 saturated carbocycles. The van der Waals surface area contributed by atoms with Gasteiger partial charge < -0.3 is 10.2 Å². The van der Waals surface area contributed by atoms with Crippen molar-refractivity contribution in [1.29, 1.82) is 0 Å². The van der Waals surface area contributed by atoms with E-state index in [4.69, 9.17) is 28.0 Å². The molecule has 2 rings (SSSR count). The predicted octanol–water partition coefficient (Wildman–Crippen LogP) is 3.52. The van der Waals surface area contributed by atoms with Crippen LogP contribution in [0.4, 0.5) is 0 Å². The van der Waals surface area contributed by atoms with Crippen molar-refractivity contribution in [3.8, 4) is 0 Å². The van der Waals surface area contributed by atoms with Gasteiger partial charge in [0, 0.05) is 14.1 Å². The largest absolute Gasteiger partial charge is 0.368 e. The smallest absolute Gasteiger partial charge is 0.332 e. The fourth-order valence-electron chi connectivity index (χ4n) is 2.72. The van der Waals surface area contributed by atoms with Crippen molar-refractivity contribution in [2.45, 2.75) is 18.8 Å². The molecule has 1 heterocycles. The van der Waals surface area contributed by atoms with Gasteiger partial charge in [0.1, 0.15) is 0 Å². The lowest BCUT2D eigenvalue weighted by atomic mass is 9.80. The number of hydroxylamine groups is 2. The van der Waals surface area contributed by atoms with Crippen LogP contribution in [0.1, 0.15) is 24.3 Å². The first-order chi connectivity index (χ1) is 9.99. The summed E-state index contributed by atoms with van der Waals surface area (Å²) in [6, 6.07) is 5.36. The Morgan fingerprint density at radius 2 is 1.91 bits per heavy atom. The van der Waals surface area contributed by atoms with Crippen molar-refractivity contribution in [3.63, 3.8) is 0 Å². The summed E-state index contributed by atoms with van der Waals surface area (Å²) in [5.74, 6) is -0.314. The maximum atomic E-state index is 12.5. The van der Waals surface area contributed by atoms with Crippen LogP contribution < -0.4 is 5.32 Å². The Labute approximate surface area is 147 Å². The molecule has 1 fully saturated rings. The van der Waals surface area contributed by atoms with E-state index in [1.807, 2.05) is 6.07 Å². The summed E-state index contributed by atoms with van der Waals surface area (Å²) < 4.78 is 0. The minimum absolute atomic E-state index is 0. The molecule has 1 saturated heterocycles. The van der Waals surface area contributed by atoms with E-state index in [-0.39, 0.29) is 30.2 Å². The summed E-state index contributed by atoms with van der Waals surface area (Å²) in [7, 11) is 3.40. The van der Waals surface area contributed by atoms with Crippen molar-refractivity contribution in [2.24, 2.45) is 5.92 Å². The summed E-state index contributed by atoms with van der Waals surface area (Å²) in [6.07, 6.45) is 1.88. The van der Waals surface area contributed by atoms with E-state index < -0.39 is 0 Å². The quantitative estimate of drug-likeness (QED) is 0.827. The van der Waals surface area contributed by atoms with Crippen molar-refractivity contribution >= 4 is 41.6 Å². The standard InChI is InChI=1S/C15H20Cl2N2O2.ClH/c1-19(2)21-15(20)14(10-5-7-18-8-6-10)11-3-4-12(16)13(17)9-11;/h3-4,9-10,14,18H,5-8H2,1-2H3;1H. The van der Waals surface area contributed by atoms with Crippen LogP contribution in [-0.2, 0) is 9.63 Å². The lowest BCUT2D eigenvalue weighted by Crippen LogP contribution is -2.35. The molecule has 7 heteroatoms. The second kappa shape index (κ2) is 8.94. The van der Waals surface area contributed by atoms with Crippen LogP contribution >= 0.6 is 35.6 Å². The molecule has 0 aromatic heterocycles. The molecule has 0 radical (unpaired) electrons. The third-order valence-electron chi connectivity index (χ3n) is 3.68. The van der Waals surface area contributed by atoms with Gasteiger partial charge in [-0.05, 0) is 49.5 Å². The summed E-state index contributed by atoms with van der Waals surface area (Å²) in [5.41, 5.74) is 0.864. The molecular formula is C15H21Cl3N2O2. The zero-order valence-corrected chi connectivity index (χ0v) is 15.0. The van der Waals surface area contributed by atoms with Gasteiger partial charge in [0.2, 0.25) is 0 Å². The number of benzene rings is 1. The zero-order chi connectivity index (χ0) is 15.4. The molecule has 1 unspecified atom stereocenters. The van der Waals surface area contributed by atoms with Crippen LogP contribution in [0, 0.1) is 5.92 Å². The molecule has 0 aliphatic carbocycles. The van der Waals surface area contributed by atoms with Crippen LogP contribution in [0.25, 0.3) is 0 Å². The minimum Gasteiger partial charge on any atom is -0.368 e. The van der Waals surface area contributed by atoms with Crippen molar-refractivity contribution in [3.05, 3.63) is 33.8 Å². The molecular weight excluding hydrogens is 347 g/mol. The number of hydrogen-bond acceptors (Lipinski definition) is 4. The Balaban J connectivity index is 0.00000242. The maximum Gasteiger partial charge on any atom is 0.332 e. The fraction of sp³-hybridized carbons (Fsp3) is 0.533. The first-order valence-electron chi connectivity index (χ1n) is 7.04. The molecule has 1 atom stereocenters. The summed E-state index contributed by atoms with van der Waals surface area (Å²) in [5, 5.41) is 5.69. The van der Waals surface area contributed by atoms with Crippen LogP contribution in [0.3, 0.4) is 0 Å². The lowest BCUT2D eigenvalue weighted by molar-refractivity contribution is -0.182. The molecule has 1 N–H and O–H groups in total. The monoisotopic (exact) mass is 366 g/mol. The Morgan fingerprint density at radius 1 is 1.27 bits per heavy atom. The van der Waals surface area contributed by atoms with E-state index in [1.165, 1.54) is 5.06 Å². The molecule has 0 spiro atoms. The van der Waals surface area contributed by atoms with E-state index in [1.54, 1.807) is 26.2 Å². The van der Waals surface area contributed by atoms with E-state index in [0.29, 0.717) is 10.0 Å². The average Bonchev–Trinajstić information content (AvgIpc) is 2.43. The Morgan fingerprint density at radius 3 is 2.45 bits per heavy atom. The maximum absolute atomic E-state index is 12.5. The number of halogens is 3. The topological polar surface area (TPSA) is 41.6 Å². The third kappa shape index (κ3) is 5.00. The van der Waals surface area contributed by atoms with Gasteiger partial charge in [-0.3, -0.25) is 0 Å². The van der Waals surface area contributed by atoms with Gasteiger partial charge in [0.25, 0.3) is 0 Å². The fourth-order valence-corrected chi connectivity index (χ4v) is 3.03. The van der Waals surface area contributed by atoms with Crippen molar-refractivity contribution in [1.82, 2.24) is 10.4 Å². The summed E-state index contributed by atoms with van der Waals surface area (Å²) >= 11 is 12.1. The average molecular weight is 368 g/mol. The Kier molecular flexibility index (Phi) is 7.94. The van der Waals surface area contributed by atoms with Gasteiger partial charge >= 0.3 is 5.97 Å². The van der Waals surface area contributed by atoms with Crippen molar-refractivity contribution < 1.29 is 9.63 Å². The second-order valence-electron chi connectivity index (χ2n) is 5.46. The Bertz CT molecular complexity index is 506. The highest BCUT2D eigenvalue weighted by Gasteiger charge is 2.33. The van der Waals surface area contributed by atoms with Crippen LogP contribution in [0.5, 0.6) is 0 Å². The van der Waals surface area contributed by atoms with Gasteiger partial charge in [-0.15, -0.1) is 17.5 Å². The van der Waals surface area contributed by atoms with E-state index in [2.05, 4.69) is 5.32 Å². The van der Waals surface area contributed by atoms with Crippen LogP contribution in [0.2, 0.25) is 10.0 Å². The van der Waals surface area contributed by atoms with Gasteiger partial charge in [-0.2, -0.15) is 0 Å². The third-order valence-corrected chi connectivity index (χ3v) is 4.42. The van der Waals surface area contributed by atoms with E-state index >= 15 is 0 Å². The molecule has 1 aromatic rings. The first-order valence-corrected chi connectivity index (χ1v) is 7.79. The molecule has 1 aliphatic rings. The number of hydrogen-bond donors (Lipinski definition) is 1. The number of carbonyl (C=O) groups is 1. The summed E-state index contributed by atoms with van der Waals surface area (Å²) in [6.45, 7) is 1.83. The highest BCUT2D eigenvalue weighted by atomic mass is 35.5. The SMILES string of the molecule is CN(C)OC(=O)C(c1ccc(Cl)c(Cl)c1)C1CCNCC1.Cl. The molecule has 0 bridgehead atoms. The molecule has 124 valence electrons. The predicted molar refractivity (Wildman–Crippen MR) is 91.8 cm³/mol. The van der Waals surface area contributed by atoms with Crippen molar-refractivity contribution in [2.75, 3.05) is 27.2 Å². The van der Waals surface area contributed by atoms with Gasteiger partial charge in [0.05, 0.1) is 16.0 Å². The normalized spacial score (nSPS) is 17.0. The lowest BCUT2D eigenvalue weighted by Gasteiger charge is -2.30. The van der Waals surface area contributed by atoms with E-state index in [0.717, 1.165) is 31.5 Å². The number of nitrogens with zero attached hydrogens (tertiary/aromatic N) is 1. The van der Waals surface area contributed by atoms with Crippen LogP contribution in [0.15, 0.2) is 18.2 Å². The number of nitrogens with one attached hydrogen (secondary N) is 1. The van der Waals surface area contributed by atoms with Crippen LogP contribution in [-0.4, -0.2) is 38.2 Å². The van der Waals surface area contributed by atoms with Gasteiger partial charge in [0.15, 0.2) is 0 Å². The molecule has 4 nitrogen and oxygen atoms in total. The highest BCUT2D eigenvalue weighted by molar-refractivity contribution is 6.42. The second-order valence-corrected chi connectivity index (χ2v) is 6.28. The zero-order valence-electron chi connectivity index (χ0n) is 12.6. The minimum atomic E-state index is -0.315. The highest BCUT2D eigenvalue weighted by Crippen LogP contribution is 2.35. The molecule has 1 aliphatic heterocycles. The molecule has 0 amide bonds. The molecule has 22 heavy (non-hydrogen) atoms. The first kappa shape index (κ1) is 19.5. The van der Waals surface area contributed by atoms with Gasteiger partial charge in [-0.25, -0.2) is 4.79 Å². The van der Waals surface area contributed by atoms with Gasteiger partial charge in [-0.1, -0.05) is 29.3 Å². The number of piperidine rings is 1. The summed E-state index contributed by atoms with van der Waals surface area (Å²) in [4.78, 5) is 17.8. The number of carbonyl (C=O) groups excluding carboxylic acids is 1. The Hall–Kier alpha value is -0.520.